The topological polar surface area (TPSA) is 103 Å². The van der Waals surface area contributed by atoms with Crippen LogP contribution in [-0.4, -0.2) is 52.9 Å². The van der Waals surface area contributed by atoms with E-state index < -0.39 is 17.4 Å². The molecule has 182 valence electrons. The summed E-state index contributed by atoms with van der Waals surface area (Å²) in [5, 5.41) is 7.51. The van der Waals surface area contributed by atoms with E-state index >= 15 is 0 Å². The van der Waals surface area contributed by atoms with Crippen LogP contribution in [0.15, 0.2) is 30.3 Å². The molecule has 1 aliphatic heterocycles. The van der Waals surface area contributed by atoms with Gasteiger partial charge >= 0.3 is 5.97 Å². The SMILES string of the molecule is CCOC(=O)c1cc2n(n1)CC(C)(C(=O)NC1CCCCCC1)N(c1ccccc1OC)C2=O. The summed E-state index contributed by atoms with van der Waals surface area (Å²) in [5.74, 6) is -0.816. The van der Waals surface area contributed by atoms with Gasteiger partial charge in [0.05, 0.1) is 25.9 Å². The molecule has 1 aromatic heterocycles. The van der Waals surface area contributed by atoms with Gasteiger partial charge < -0.3 is 14.8 Å². The molecule has 0 radical (unpaired) electrons. The van der Waals surface area contributed by atoms with Crippen molar-refractivity contribution in [2.45, 2.75) is 70.5 Å². The van der Waals surface area contributed by atoms with Crippen LogP contribution in [0.4, 0.5) is 5.69 Å². The Hall–Kier alpha value is -3.36. The number of para-hydroxylation sites is 2. The van der Waals surface area contributed by atoms with Gasteiger partial charge in [-0.05, 0) is 38.8 Å². The number of fused-ring (bicyclic) bond motifs is 1. The number of anilines is 1. The van der Waals surface area contributed by atoms with Gasteiger partial charge in [0.2, 0.25) is 5.91 Å². The van der Waals surface area contributed by atoms with Crippen LogP contribution in [0.5, 0.6) is 5.75 Å². The molecule has 1 unspecified atom stereocenters. The second kappa shape index (κ2) is 9.87. The highest BCUT2D eigenvalue weighted by atomic mass is 16.5. The maximum atomic E-state index is 13.8. The van der Waals surface area contributed by atoms with E-state index in [0.29, 0.717) is 11.4 Å². The van der Waals surface area contributed by atoms with Crippen molar-refractivity contribution in [3.63, 3.8) is 0 Å². The van der Waals surface area contributed by atoms with E-state index in [4.69, 9.17) is 9.47 Å². The number of ether oxygens (including phenoxy) is 2. The number of nitrogens with one attached hydrogen (secondary N) is 1. The van der Waals surface area contributed by atoms with Crippen molar-refractivity contribution in [1.29, 1.82) is 0 Å². The Balaban J connectivity index is 1.76. The lowest BCUT2D eigenvalue weighted by Crippen LogP contribution is -2.65. The van der Waals surface area contributed by atoms with E-state index in [0.717, 1.165) is 25.7 Å². The van der Waals surface area contributed by atoms with Gasteiger partial charge in [0, 0.05) is 12.1 Å². The molecule has 1 fully saturated rings. The van der Waals surface area contributed by atoms with Gasteiger partial charge in [0.25, 0.3) is 5.91 Å². The molecule has 1 atom stereocenters. The first-order valence-electron chi connectivity index (χ1n) is 11.9. The molecular formula is C25H32N4O5. The van der Waals surface area contributed by atoms with Gasteiger partial charge in [0.15, 0.2) is 5.69 Å². The quantitative estimate of drug-likeness (QED) is 0.515. The van der Waals surface area contributed by atoms with Crippen LogP contribution in [0.3, 0.4) is 0 Å². The minimum atomic E-state index is -1.29. The molecule has 2 amide bonds. The molecule has 9 heteroatoms. The van der Waals surface area contributed by atoms with Crippen LogP contribution >= 0.6 is 0 Å². The molecule has 1 aliphatic carbocycles. The van der Waals surface area contributed by atoms with Gasteiger partial charge in [0.1, 0.15) is 17.0 Å². The minimum Gasteiger partial charge on any atom is -0.495 e. The summed E-state index contributed by atoms with van der Waals surface area (Å²) in [5.41, 5.74) is -0.547. The number of aromatic nitrogens is 2. The van der Waals surface area contributed by atoms with Crippen molar-refractivity contribution in [3.8, 4) is 5.75 Å². The zero-order valence-electron chi connectivity index (χ0n) is 20.0. The van der Waals surface area contributed by atoms with Crippen LogP contribution in [0.1, 0.15) is 73.3 Å². The van der Waals surface area contributed by atoms with E-state index in [1.54, 1.807) is 32.0 Å². The van der Waals surface area contributed by atoms with Gasteiger partial charge in [-0.3, -0.25) is 19.2 Å². The molecule has 4 rings (SSSR count). The Morgan fingerprint density at radius 2 is 1.88 bits per heavy atom. The van der Waals surface area contributed by atoms with E-state index in [1.165, 1.54) is 35.6 Å². The Labute approximate surface area is 199 Å². The van der Waals surface area contributed by atoms with Crippen molar-refractivity contribution in [2.75, 3.05) is 18.6 Å². The number of carbonyl (C=O) groups excluding carboxylic acids is 3. The summed E-state index contributed by atoms with van der Waals surface area (Å²) in [6.07, 6.45) is 6.33. The summed E-state index contributed by atoms with van der Waals surface area (Å²) in [6.45, 7) is 3.73. The van der Waals surface area contributed by atoms with Gasteiger partial charge in [-0.25, -0.2) is 4.79 Å². The molecule has 2 aliphatic rings. The zero-order valence-corrected chi connectivity index (χ0v) is 20.0. The normalized spacial score (nSPS) is 20.9. The van der Waals surface area contributed by atoms with Crippen molar-refractivity contribution >= 4 is 23.5 Å². The standard InChI is InChI=1S/C25H32N4O5/c1-4-34-23(31)18-15-20-22(30)29(19-13-9-10-14-21(19)33-3)25(2,16-28(20)27-18)24(32)26-17-11-7-5-6-8-12-17/h9-10,13-15,17H,4-8,11-12,16H2,1-3H3,(H,26,32). The number of nitrogens with zero attached hydrogens (tertiary/aromatic N) is 3. The number of hydrogen-bond donors (Lipinski definition) is 1. The number of hydrogen-bond acceptors (Lipinski definition) is 6. The van der Waals surface area contributed by atoms with Crippen LogP contribution in [0, 0.1) is 0 Å². The molecule has 2 aromatic rings. The average molecular weight is 469 g/mol. The Kier molecular flexibility index (Phi) is 6.90. The predicted octanol–water partition coefficient (Wildman–Crippen LogP) is 3.33. The number of benzene rings is 1. The lowest BCUT2D eigenvalue weighted by Gasteiger charge is -2.44. The van der Waals surface area contributed by atoms with Crippen LogP contribution in [-0.2, 0) is 16.1 Å². The first kappa shape index (κ1) is 23.8. The Morgan fingerprint density at radius 3 is 2.56 bits per heavy atom. The fourth-order valence-corrected chi connectivity index (χ4v) is 4.84. The zero-order chi connectivity index (χ0) is 24.3. The van der Waals surface area contributed by atoms with E-state index in [9.17, 15) is 14.4 Å². The van der Waals surface area contributed by atoms with Crippen molar-refractivity contribution in [2.24, 2.45) is 0 Å². The largest absolute Gasteiger partial charge is 0.495 e. The van der Waals surface area contributed by atoms with Gasteiger partial charge in [-0.15, -0.1) is 0 Å². The van der Waals surface area contributed by atoms with Crippen molar-refractivity contribution < 1.29 is 23.9 Å². The molecule has 0 spiro atoms. The Bertz CT molecular complexity index is 1070. The fourth-order valence-electron chi connectivity index (χ4n) is 4.84. The van der Waals surface area contributed by atoms with Crippen molar-refractivity contribution in [3.05, 3.63) is 41.7 Å². The maximum absolute atomic E-state index is 13.8. The number of carbonyl (C=O) groups is 3. The fraction of sp³-hybridized carbons (Fsp3) is 0.520. The number of methoxy groups -OCH3 is 1. The van der Waals surface area contributed by atoms with Gasteiger partial charge in [-0.1, -0.05) is 37.8 Å². The molecule has 1 N–H and O–H groups in total. The molecule has 2 heterocycles. The third-order valence-corrected chi connectivity index (χ3v) is 6.64. The maximum Gasteiger partial charge on any atom is 0.358 e. The highest BCUT2D eigenvalue weighted by Crippen LogP contribution is 2.38. The third kappa shape index (κ3) is 4.38. The molecule has 0 saturated heterocycles. The van der Waals surface area contributed by atoms with Gasteiger partial charge in [-0.2, -0.15) is 5.10 Å². The molecule has 9 nitrogen and oxygen atoms in total. The molecule has 34 heavy (non-hydrogen) atoms. The highest BCUT2D eigenvalue weighted by molar-refractivity contribution is 6.13. The second-order valence-corrected chi connectivity index (χ2v) is 9.04. The van der Waals surface area contributed by atoms with Crippen LogP contribution in [0.25, 0.3) is 0 Å². The number of rotatable bonds is 6. The third-order valence-electron chi connectivity index (χ3n) is 6.64. The molecule has 1 saturated carbocycles. The number of amides is 2. The predicted molar refractivity (Wildman–Crippen MR) is 126 cm³/mol. The number of esters is 1. The lowest BCUT2D eigenvalue weighted by molar-refractivity contribution is -0.127. The van der Waals surface area contributed by atoms with E-state index in [1.807, 2.05) is 6.07 Å². The van der Waals surface area contributed by atoms with E-state index in [2.05, 4.69) is 10.4 Å². The summed E-state index contributed by atoms with van der Waals surface area (Å²) in [6, 6.07) is 8.60. The summed E-state index contributed by atoms with van der Waals surface area (Å²) in [4.78, 5) is 41.4. The summed E-state index contributed by atoms with van der Waals surface area (Å²) in [7, 11) is 1.53. The molecule has 1 aromatic carbocycles. The summed E-state index contributed by atoms with van der Waals surface area (Å²) < 4.78 is 12.0. The first-order valence-corrected chi connectivity index (χ1v) is 11.9. The summed E-state index contributed by atoms with van der Waals surface area (Å²) >= 11 is 0. The second-order valence-electron chi connectivity index (χ2n) is 9.04. The average Bonchev–Trinajstić information content (AvgIpc) is 3.08. The Morgan fingerprint density at radius 1 is 1.18 bits per heavy atom. The minimum absolute atomic E-state index is 0.0404. The van der Waals surface area contributed by atoms with E-state index in [-0.39, 0.29) is 36.5 Å². The first-order chi connectivity index (χ1) is 16.4. The van der Waals surface area contributed by atoms with Crippen LogP contribution < -0.4 is 15.0 Å². The molecular weight excluding hydrogens is 436 g/mol. The lowest BCUT2D eigenvalue weighted by atomic mass is 9.93. The van der Waals surface area contributed by atoms with Crippen molar-refractivity contribution in [1.82, 2.24) is 15.1 Å². The smallest absolute Gasteiger partial charge is 0.358 e. The monoisotopic (exact) mass is 468 g/mol. The highest BCUT2D eigenvalue weighted by Gasteiger charge is 2.50. The van der Waals surface area contributed by atoms with Crippen LogP contribution in [0.2, 0.25) is 0 Å². The molecule has 0 bridgehead atoms.